The van der Waals surface area contributed by atoms with E-state index in [9.17, 15) is 8.42 Å². The second kappa shape index (κ2) is 11.0. The molecule has 0 atom stereocenters. The van der Waals surface area contributed by atoms with E-state index in [1.54, 1.807) is 12.1 Å². The van der Waals surface area contributed by atoms with Crippen molar-refractivity contribution in [3.8, 4) is 11.5 Å². The molecular weight excluding hydrogens is 428 g/mol. The zero-order valence-corrected chi connectivity index (χ0v) is 18.5. The SMILES string of the molecule is CCCOc1ccc(S(=O)(=O)c2ccc(OCCC)c(N=C=S)c2)cc1N=C=S. The average molecular weight is 449 g/mol. The molecule has 0 unspecified atom stereocenters. The van der Waals surface area contributed by atoms with E-state index in [2.05, 4.69) is 44.7 Å². The fourth-order valence-corrected chi connectivity index (χ4v) is 3.90. The molecular formula is C20H20N2O4S3. The van der Waals surface area contributed by atoms with Crippen LogP contribution in [0.25, 0.3) is 0 Å². The highest BCUT2D eigenvalue weighted by molar-refractivity contribution is 7.91. The van der Waals surface area contributed by atoms with Crippen molar-refractivity contribution in [1.29, 1.82) is 0 Å². The van der Waals surface area contributed by atoms with Crippen LogP contribution >= 0.6 is 24.4 Å². The van der Waals surface area contributed by atoms with Crippen LogP contribution in [0.15, 0.2) is 56.2 Å². The van der Waals surface area contributed by atoms with E-state index in [1.165, 1.54) is 24.3 Å². The van der Waals surface area contributed by atoms with Crippen molar-refractivity contribution in [2.24, 2.45) is 9.98 Å². The van der Waals surface area contributed by atoms with E-state index in [4.69, 9.17) is 9.47 Å². The summed E-state index contributed by atoms with van der Waals surface area (Å²) in [6.07, 6.45) is 1.60. The molecule has 6 nitrogen and oxygen atoms in total. The summed E-state index contributed by atoms with van der Waals surface area (Å²) in [6.45, 7) is 4.89. The summed E-state index contributed by atoms with van der Waals surface area (Å²) in [7, 11) is -3.85. The molecule has 152 valence electrons. The molecule has 29 heavy (non-hydrogen) atoms. The molecule has 0 heterocycles. The number of rotatable bonds is 10. The van der Waals surface area contributed by atoms with Gasteiger partial charge in [-0.05, 0) is 73.7 Å². The Morgan fingerprint density at radius 1 is 0.828 bits per heavy atom. The zero-order valence-electron chi connectivity index (χ0n) is 16.0. The first-order chi connectivity index (χ1) is 14.0. The highest BCUT2D eigenvalue weighted by atomic mass is 32.2. The Hall–Kier alpha value is -2.41. The van der Waals surface area contributed by atoms with Gasteiger partial charge in [0.25, 0.3) is 0 Å². The van der Waals surface area contributed by atoms with Gasteiger partial charge >= 0.3 is 0 Å². The fourth-order valence-electron chi connectivity index (χ4n) is 2.41. The largest absolute Gasteiger partial charge is 0.491 e. The summed E-state index contributed by atoms with van der Waals surface area (Å²) in [6, 6.07) is 8.86. The van der Waals surface area contributed by atoms with Crippen molar-refractivity contribution in [2.75, 3.05) is 13.2 Å². The van der Waals surface area contributed by atoms with Crippen molar-refractivity contribution in [3.63, 3.8) is 0 Å². The van der Waals surface area contributed by atoms with Gasteiger partial charge in [-0.3, -0.25) is 0 Å². The predicted octanol–water partition coefficient (Wildman–Crippen LogP) is 5.57. The summed E-state index contributed by atoms with van der Waals surface area (Å²) < 4.78 is 37.5. The average Bonchev–Trinajstić information content (AvgIpc) is 2.72. The third-order valence-corrected chi connectivity index (χ3v) is 5.67. The van der Waals surface area contributed by atoms with Gasteiger partial charge in [0, 0.05) is 0 Å². The highest BCUT2D eigenvalue weighted by Crippen LogP contribution is 2.35. The van der Waals surface area contributed by atoms with E-state index in [-0.39, 0.29) is 9.79 Å². The highest BCUT2D eigenvalue weighted by Gasteiger charge is 2.21. The molecule has 0 saturated carbocycles. The molecule has 0 amide bonds. The maximum atomic E-state index is 13.1. The number of sulfone groups is 1. The van der Waals surface area contributed by atoms with E-state index in [1.807, 2.05) is 13.8 Å². The Balaban J connectivity index is 2.51. The Labute approximate surface area is 181 Å². The van der Waals surface area contributed by atoms with Gasteiger partial charge in [0.1, 0.15) is 22.9 Å². The predicted molar refractivity (Wildman–Crippen MR) is 119 cm³/mol. The maximum Gasteiger partial charge on any atom is 0.206 e. The van der Waals surface area contributed by atoms with Gasteiger partial charge < -0.3 is 9.47 Å². The van der Waals surface area contributed by atoms with Crippen molar-refractivity contribution in [2.45, 2.75) is 36.5 Å². The normalized spacial score (nSPS) is 10.6. The van der Waals surface area contributed by atoms with Crippen LogP contribution < -0.4 is 9.47 Å². The maximum absolute atomic E-state index is 13.1. The minimum absolute atomic E-state index is 0.0462. The molecule has 0 spiro atoms. The van der Waals surface area contributed by atoms with Crippen molar-refractivity contribution >= 4 is 56.0 Å². The number of thiocarbonyl (C=S) groups is 2. The number of isothiocyanates is 2. The molecule has 9 heteroatoms. The molecule has 0 aliphatic rings. The minimum atomic E-state index is -3.85. The molecule has 2 rings (SSSR count). The fraction of sp³-hybridized carbons (Fsp3) is 0.300. The summed E-state index contributed by atoms with van der Waals surface area (Å²) in [4.78, 5) is 7.96. The first-order valence-corrected chi connectivity index (χ1v) is 11.2. The number of ether oxygens (including phenoxy) is 2. The second-order valence-electron chi connectivity index (χ2n) is 5.87. The van der Waals surface area contributed by atoms with Crippen molar-refractivity contribution < 1.29 is 17.9 Å². The van der Waals surface area contributed by atoms with Crippen LogP contribution in [0.2, 0.25) is 0 Å². The monoisotopic (exact) mass is 448 g/mol. The van der Waals surface area contributed by atoms with Gasteiger partial charge in [0.2, 0.25) is 9.84 Å². The molecule has 0 bridgehead atoms. The number of hydrogen-bond acceptors (Lipinski definition) is 8. The molecule has 0 radical (unpaired) electrons. The lowest BCUT2D eigenvalue weighted by atomic mass is 10.3. The molecule has 2 aromatic rings. The van der Waals surface area contributed by atoms with Crippen LogP contribution in [-0.2, 0) is 9.84 Å². The first kappa shape index (κ1) is 22.9. The van der Waals surface area contributed by atoms with Crippen LogP contribution in [-0.4, -0.2) is 32.0 Å². The van der Waals surface area contributed by atoms with Gasteiger partial charge in [0.05, 0.1) is 33.3 Å². The standard InChI is InChI=1S/C20H20N2O4S3/c1-3-9-25-19-7-5-15(11-17(19)21-13-27)29(23,24)16-6-8-20(26-10-4-2)18(12-16)22-14-28/h5-8,11-12H,3-4,9-10H2,1-2H3. The third kappa shape index (κ3) is 5.79. The molecule has 0 N–H and O–H groups in total. The van der Waals surface area contributed by atoms with Gasteiger partial charge in [0.15, 0.2) is 0 Å². The van der Waals surface area contributed by atoms with Gasteiger partial charge in [-0.25, -0.2) is 8.42 Å². The zero-order chi connectivity index (χ0) is 21.3. The number of aliphatic imine (C=N–C) groups is 2. The Morgan fingerprint density at radius 3 is 1.59 bits per heavy atom. The number of hydrogen-bond donors (Lipinski definition) is 0. The van der Waals surface area contributed by atoms with Crippen molar-refractivity contribution in [3.05, 3.63) is 36.4 Å². The van der Waals surface area contributed by atoms with E-state index >= 15 is 0 Å². The minimum Gasteiger partial charge on any atom is -0.491 e. The molecule has 0 fully saturated rings. The third-order valence-electron chi connectivity index (χ3n) is 3.74. The lowest BCUT2D eigenvalue weighted by Crippen LogP contribution is -2.03. The first-order valence-electron chi connectivity index (χ1n) is 8.92. The molecule has 0 aliphatic heterocycles. The van der Waals surface area contributed by atoms with Crippen LogP contribution in [0.5, 0.6) is 11.5 Å². The quantitative estimate of drug-likeness (QED) is 0.349. The van der Waals surface area contributed by atoms with Gasteiger partial charge in [-0.1, -0.05) is 13.8 Å². The number of nitrogens with zero attached hydrogens (tertiary/aromatic N) is 2. The van der Waals surface area contributed by atoms with Crippen molar-refractivity contribution in [1.82, 2.24) is 0 Å². The Kier molecular flexibility index (Phi) is 8.64. The summed E-state index contributed by atoms with van der Waals surface area (Å²) >= 11 is 9.33. The van der Waals surface area contributed by atoms with Gasteiger partial charge in [-0.2, -0.15) is 9.98 Å². The molecule has 0 aliphatic carbocycles. The summed E-state index contributed by atoms with van der Waals surface area (Å²) in [5, 5.41) is 4.51. The van der Waals surface area contributed by atoms with Crippen LogP contribution in [0.4, 0.5) is 11.4 Å². The number of benzene rings is 2. The summed E-state index contributed by atoms with van der Waals surface area (Å²) in [5.41, 5.74) is 0.601. The lowest BCUT2D eigenvalue weighted by Gasteiger charge is -2.12. The Bertz CT molecular complexity index is 992. The topological polar surface area (TPSA) is 77.3 Å². The van der Waals surface area contributed by atoms with Crippen LogP contribution in [0.3, 0.4) is 0 Å². The lowest BCUT2D eigenvalue weighted by molar-refractivity contribution is 0.318. The molecule has 0 aromatic heterocycles. The molecule has 0 saturated heterocycles. The van der Waals surface area contributed by atoms with Gasteiger partial charge in [-0.15, -0.1) is 0 Å². The second-order valence-corrected chi connectivity index (χ2v) is 8.18. The summed E-state index contributed by atoms with van der Waals surface area (Å²) in [5.74, 6) is 0.884. The van der Waals surface area contributed by atoms with E-state index in [0.717, 1.165) is 12.8 Å². The van der Waals surface area contributed by atoms with Crippen LogP contribution in [0, 0.1) is 0 Å². The van der Waals surface area contributed by atoms with E-state index < -0.39 is 9.84 Å². The van der Waals surface area contributed by atoms with E-state index in [0.29, 0.717) is 36.1 Å². The Morgan fingerprint density at radius 2 is 1.24 bits per heavy atom. The van der Waals surface area contributed by atoms with Crippen LogP contribution in [0.1, 0.15) is 26.7 Å². The smallest absolute Gasteiger partial charge is 0.206 e. The molecule has 2 aromatic carbocycles.